The number of hydrogen-bond donors (Lipinski definition) is 1. The number of carbonyl (C=O) groups is 2. The maximum Gasteiger partial charge on any atom is 0.335 e. The van der Waals surface area contributed by atoms with E-state index in [1.54, 1.807) is 0 Å². The van der Waals surface area contributed by atoms with Crippen molar-refractivity contribution in [2.75, 3.05) is 20.2 Å². The molecule has 1 amide bonds. The van der Waals surface area contributed by atoms with Gasteiger partial charge in [-0.25, -0.2) is 4.79 Å². The zero-order valence-corrected chi connectivity index (χ0v) is 22.4. The summed E-state index contributed by atoms with van der Waals surface area (Å²) in [7, 11) is 1.28. The van der Waals surface area contributed by atoms with Crippen LogP contribution >= 0.6 is 0 Å². The highest BCUT2D eigenvalue weighted by Gasteiger charge is 2.22. The van der Waals surface area contributed by atoms with Crippen molar-refractivity contribution in [3.63, 3.8) is 0 Å². The fourth-order valence-corrected chi connectivity index (χ4v) is 4.25. The standard InChI is InChI=1S/C31H43NO4/c1-24(13-9-15-26(3)23-29(33)31(35)36-4)11-8-12-25(2)14-10-18-28-20-22-32(30(28)34)21-19-27-16-6-5-7-17-27/h5-8,11-12,15-17,20,24,29,33H,9-10,13-14,18-19,21-23H2,1-4H3/t24-,29-/m1/s1. The number of nitrogens with zero attached hydrogens (tertiary/aromatic N) is 1. The molecule has 0 bridgehead atoms. The van der Waals surface area contributed by atoms with Crippen LogP contribution in [0, 0.1) is 5.92 Å². The molecule has 0 spiro atoms. The molecule has 1 N–H and O–H groups in total. The molecule has 0 fully saturated rings. The molecule has 0 saturated heterocycles. The second-order valence-electron chi connectivity index (χ2n) is 9.82. The Balaban J connectivity index is 1.63. The summed E-state index contributed by atoms with van der Waals surface area (Å²) in [5, 5.41) is 9.72. The predicted octanol–water partition coefficient (Wildman–Crippen LogP) is 5.96. The SMILES string of the molecule is COC(=O)[C@H](O)CC(C)=CCC[C@H](C)C=CC=C(C)CCCC1=CCN(CCc2ccccc2)C1=O. The third-order valence-corrected chi connectivity index (χ3v) is 6.57. The van der Waals surface area contributed by atoms with Crippen molar-refractivity contribution in [2.24, 2.45) is 5.92 Å². The lowest BCUT2D eigenvalue weighted by atomic mass is 10.0. The van der Waals surface area contributed by atoms with E-state index in [0.29, 0.717) is 12.3 Å². The summed E-state index contributed by atoms with van der Waals surface area (Å²) < 4.78 is 4.55. The number of ether oxygens (including phenoxy) is 1. The monoisotopic (exact) mass is 493 g/mol. The summed E-state index contributed by atoms with van der Waals surface area (Å²) in [4.78, 5) is 25.9. The number of amides is 1. The van der Waals surface area contributed by atoms with Crippen LogP contribution in [-0.2, 0) is 20.7 Å². The van der Waals surface area contributed by atoms with Gasteiger partial charge in [0.1, 0.15) is 0 Å². The molecule has 5 heteroatoms. The molecule has 2 rings (SSSR count). The van der Waals surface area contributed by atoms with Crippen LogP contribution in [0.4, 0.5) is 0 Å². The predicted molar refractivity (Wildman–Crippen MR) is 146 cm³/mol. The fourth-order valence-electron chi connectivity index (χ4n) is 4.25. The third-order valence-electron chi connectivity index (χ3n) is 6.57. The Kier molecular flexibility index (Phi) is 13.0. The van der Waals surface area contributed by atoms with E-state index < -0.39 is 12.1 Å². The maximum atomic E-state index is 12.7. The first-order chi connectivity index (χ1) is 17.3. The van der Waals surface area contributed by atoms with Gasteiger partial charge in [0.05, 0.1) is 7.11 Å². The number of allylic oxidation sites excluding steroid dienone is 5. The first-order valence-corrected chi connectivity index (χ1v) is 13.1. The second-order valence-corrected chi connectivity index (χ2v) is 9.82. The van der Waals surface area contributed by atoms with Gasteiger partial charge in [-0.3, -0.25) is 4.79 Å². The van der Waals surface area contributed by atoms with E-state index in [4.69, 9.17) is 0 Å². The van der Waals surface area contributed by atoms with Gasteiger partial charge in [0.15, 0.2) is 6.10 Å². The summed E-state index contributed by atoms with van der Waals surface area (Å²) in [5.41, 5.74) is 4.54. The van der Waals surface area contributed by atoms with Gasteiger partial charge in [-0.05, 0) is 63.9 Å². The Morgan fingerprint density at radius 1 is 1.17 bits per heavy atom. The average Bonchev–Trinajstić information content (AvgIpc) is 3.21. The summed E-state index contributed by atoms with van der Waals surface area (Å²) >= 11 is 0. The van der Waals surface area contributed by atoms with Crippen molar-refractivity contribution in [3.05, 3.63) is 83.0 Å². The number of benzene rings is 1. The molecule has 0 saturated carbocycles. The summed E-state index contributed by atoms with van der Waals surface area (Å²) in [6, 6.07) is 10.3. The Bertz CT molecular complexity index is 958. The van der Waals surface area contributed by atoms with Crippen molar-refractivity contribution in [2.45, 2.75) is 71.8 Å². The molecule has 1 aliphatic heterocycles. The van der Waals surface area contributed by atoms with Crippen molar-refractivity contribution in [3.8, 4) is 0 Å². The van der Waals surface area contributed by atoms with Crippen LogP contribution in [0.25, 0.3) is 0 Å². The van der Waals surface area contributed by atoms with Crippen LogP contribution in [0.2, 0.25) is 0 Å². The molecular weight excluding hydrogens is 450 g/mol. The van der Waals surface area contributed by atoms with Crippen molar-refractivity contribution < 1.29 is 19.4 Å². The Morgan fingerprint density at radius 3 is 2.64 bits per heavy atom. The molecule has 5 nitrogen and oxygen atoms in total. The molecule has 1 heterocycles. The van der Waals surface area contributed by atoms with Crippen LogP contribution in [-0.4, -0.2) is 48.2 Å². The summed E-state index contributed by atoms with van der Waals surface area (Å²) in [5.74, 6) is 0.0470. The van der Waals surface area contributed by atoms with Gasteiger partial charge in [-0.15, -0.1) is 0 Å². The highest BCUT2D eigenvalue weighted by molar-refractivity contribution is 5.95. The fraction of sp³-hybridized carbons (Fsp3) is 0.484. The maximum absolute atomic E-state index is 12.7. The lowest BCUT2D eigenvalue weighted by molar-refractivity contribution is -0.150. The van der Waals surface area contributed by atoms with Gasteiger partial charge in [0, 0.05) is 25.1 Å². The van der Waals surface area contributed by atoms with E-state index in [1.165, 1.54) is 18.2 Å². The van der Waals surface area contributed by atoms with E-state index in [0.717, 1.165) is 62.8 Å². The average molecular weight is 494 g/mol. The van der Waals surface area contributed by atoms with Crippen LogP contribution in [0.15, 0.2) is 77.4 Å². The first-order valence-electron chi connectivity index (χ1n) is 13.1. The molecule has 0 aromatic heterocycles. The minimum absolute atomic E-state index is 0.199. The van der Waals surface area contributed by atoms with Gasteiger partial charge in [-0.2, -0.15) is 0 Å². The largest absolute Gasteiger partial charge is 0.467 e. The molecule has 196 valence electrons. The quantitative estimate of drug-likeness (QED) is 0.186. The molecule has 0 unspecified atom stereocenters. The van der Waals surface area contributed by atoms with E-state index in [9.17, 15) is 14.7 Å². The second kappa shape index (κ2) is 15.9. The number of rotatable bonds is 15. The normalized spacial score (nSPS) is 16.4. The molecule has 1 aliphatic rings. The van der Waals surface area contributed by atoms with Gasteiger partial charge >= 0.3 is 5.97 Å². The lowest BCUT2D eigenvalue weighted by Crippen LogP contribution is -2.29. The lowest BCUT2D eigenvalue weighted by Gasteiger charge is -2.16. The van der Waals surface area contributed by atoms with Gasteiger partial charge in [0.2, 0.25) is 5.91 Å². The van der Waals surface area contributed by atoms with Gasteiger partial charge in [0.25, 0.3) is 0 Å². The molecule has 1 aromatic rings. The number of esters is 1. The number of aliphatic hydroxyl groups is 1. The third kappa shape index (κ3) is 10.8. The number of methoxy groups -OCH3 is 1. The van der Waals surface area contributed by atoms with Crippen LogP contribution in [0.1, 0.15) is 64.9 Å². The van der Waals surface area contributed by atoms with Gasteiger partial charge < -0.3 is 14.7 Å². The van der Waals surface area contributed by atoms with E-state index >= 15 is 0 Å². The number of carbonyl (C=O) groups excluding carboxylic acids is 2. The summed E-state index contributed by atoms with van der Waals surface area (Å²) in [6.07, 6.45) is 15.5. The zero-order valence-electron chi connectivity index (χ0n) is 22.4. The highest BCUT2D eigenvalue weighted by atomic mass is 16.5. The van der Waals surface area contributed by atoms with Crippen LogP contribution in [0.5, 0.6) is 0 Å². The highest BCUT2D eigenvalue weighted by Crippen LogP contribution is 2.20. The smallest absolute Gasteiger partial charge is 0.335 e. The molecule has 0 aliphatic carbocycles. The summed E-state index contributed by atoms with van der Waals surface area (Å²) in [6.45, 7) is 7.77. The Labute approximate surface area is 217 Å². The van der Waals surface area contributed by atoms with Crippen molar-refractivity contribution >= 4 is 11.9 Å². The molecule has 0 radical (unpaired) electrons. The Morgan fingerprint density at radius 2 is 1.92 bits per heavy atom. The first kappa shape index (κ1) is 29.3. The minimum Gasteiger partial charge on any atom is -0.467 e. The zero-order chi connectivity index (χ0) is 26.3. The van der Waals surface area contributed by atoms with E-state index in [1.807, 2.05) is 30.0 Å². The number of aliphatic hydroxyl groups excluding tert-OH is 1. The van der Waals surface area contributed by atoms with Crippen LogP contribution in [0.3, 0.4) is 0 Å². The minimum atomic E-state index is -1.08. The number of hydrogen-bond acceptors (Lipinski definition) is 4. The molecule has 2 atom stereocenters. The Hall–Kier alpha value is -2.92. The van der Waals surface area contributed by atoms with E-state index in [2.05, 4.69) is 61.1 Å². The molecule has 36 heavy (non-hydrogen) atoms. The van der Waals surface area contributed by atoms with Crippen molar-refractivity contribution in [1.29, 1.82) is 0 Å². The molecule has 1 aromatic carbocycles. The molecular formula is C31H43NO4. The van der Waals surface area contributed by atoms with Crippen molar-refractivity contribution in [1.82, 2.24) is 4.90 Å². The van der Waals surface area contributed by atoms with E-state index in [-0.39, 0.29) is 5.91 Å². The van der Waals surface area contributed by atoms with Gasteiger partial charge in [-0.1, -0.05) is 78.8 Å². The topological polar surface area (TPSA) is 66.8 Å². The van der Waals surface area contributed by atoms with Crippen LogP contribution < -0.4 is 0 Å².